The van der Waals surface area contributed by atoms with E-state index in [1.807, 2.05) is 32.0 Å². The topological polar surface area (TPSA) is 58.2 Å². The molecule has 0 bridgehead atoms. The van der Waals surface area contributed by atoms with Gasteiger partial charge in [0.15, 0.2) is 0 Å². The number of halogens is 1. The molecule has 0 aliphatic rings. The summed E-state index contributed by atoms with van der Waals surface area (Å²) in [7, 11) is 0. The van der Waals surface area contributed by atoms with E-state index in [-0.39, 0.29) is 18.3 Å². The average Bonchev–Trinajstić information content (AvgIpc) is 2.58. The fourth-order valence-electron chi connectivity index (χ4n) is 2.57. The normalized spacial score (nSPS) is 11.1. The first kappa shape index (κ1) is 19.6. The van der Waals surface area contributed by atoms with Gasteiger partial charge in [-0.05, 0) is 57.4 Å². The van der Waals surface area contributed by atoms with Crippen LogP contribution in [-0.4, -0.2) is 18.4 Å². The number of hydrogen-bond donors (Lipinski definition) is 2. The van der Waals surface area contributed by atoms with Crippen LogP contribution in [-0.2, 0) is 16.0 Å². The van der Waals surface area contributed by atoms with E-state index in [2.05, 4.69) is 10.6 Å². The molecule has 0 aliphatic heterocycles. The van der Waals surface area contributed by atoms with Crippen molar-refractivity contribution in [2.75, 3.05) is 11.9 Å². The third-order valence-corrected chi connectivity index (χ3v) is 4.40. The summed E-state index contributed by atoms with van der Waals surface area (Å²) in [5.74, 6) is -1.07. The van der Waals surface area contributed by atoms with Crippen molar-refractivity contribution in [1.82, 2.24) is 5.32 Å². The van der Waals surface area contributed by atoms with Crippen molar-refractivity contribution in [2.45, 2.75) is 34.1 Å². The van der Waals surface area contributed by atoms with Crippen LogP contribution in [0.4, 0.5) is 10.1 Å². The van der Waals surface area contributed by atoms with Gasteiger partial charge in [0.25, 0.3) is 0 Å². The first-order valence-corrected chi connectivity index (χ1v) is 8.62. The van der Waals surface area contributed by atoms with Crippen LogP contribution in [0.2, 0.25) is 0 Å². The van der Waals surface area contributed by atoms with E-state index in [1.165, 1.54) is 6.07 Å². The summed E-state index contributed by atoms with van der Waals surface area (Å²) in [6, 6.07) is 12.1. The molecule has 0 aliphatic carbocycles. The second kappa shape index (κ2) is 8.13. The molecule has 2 N–H and O–H groups in total. The van der Waals surface area contributed by atoms with Crippen molar-refractivity contribution >= 4 is 17.5 Å². The molecule has 0 saturated carbocycles. The minimum Gasteiger partial charge on any atom is -0.355 e. The summed E-state index contributed by atoms with van der Waals surface area (Å²) in [4.78, 5) is 25.0. The minimum absolute atomic E-state index is 0.264. The van der Waals surface area contributed by atoms with Crippen LogP contribution in [0, 0.1) is 25.1 Å². The van der Waals surface area contributed by atoms with Gasteiger partial charge in [-0.1, -0.05) is 35.9 Å². The summed E-state index contributed by atoms with van der Waals surface area (Å²) >= 11 is 0. The zero-order chi connectivity index (χ0) is 19.3. The third-order valence-electron chi connectivity index (χ3n) is 4.40. The Balaban J connectivity index is 1.95. The van der Waals surface area contributed by atoms with E-state index in [0.29, 0.717) is 17.7 Å². The van der Waals surface area contributed by atoms with Crippen molar-refractivity contribution in [1.29, 1.82) is 0 Å². The predicted molar refractivity (Wildman–Crippen MR) is 101 cm³/mol. The highest BCUT2D eigenvalue weighted by molar-refractivity contribution is 6.10. The van der Waals surface area contributed by atoms with Gasteiger partial charge in [0, 0.05) is 12.2 Å². The van der Waals surface area contributed by atoms with Gasteiger partial charge < -0.3 is 10.6 Å². The highest BCUT2D eigenvalue weighted by Gasteiger charge is 2.36. The zero-order valence-electron chi connectivity index (χ0n) is 15.7. The highest BCUT2D eigenvalue weighted by Crippen LogP contribution is 2.22. The van der Waals surface area contributed by atoms with Crippen LogP contribution in [0.1, 0.15) is 30.5 Å². The Kier molecular flexibility index (Phi) is 6.14. The summed E-state index contributed by atoms with van der Waals surface area (Å²) in [6.45, 7) is 7.30. The molecule has 2 amide bonds. The van der Waals surface area contributed by atoms with Crippen LogP contribution in [0.25, 0.3) is 0 Å². The number of benzene rings is 2. The molecule has 5 heteroatoms. The number of aryl methyl sites for hydroxylation is 2. The van der Waals surface area contributed by atoms with Crippen molar-refractivity contribution < 1.29 is 14.0 Å². The van der Waals surface area contributed by atoms with E-state index < -0.39 is 11.3 Å². The molecular formula is C21H25FN2O2. The fraction of sp³-hybridized carbons (Fsp3) is 0.333. The number of nitrogens with one attached hydrogen (secondary N) is 2. The highest BCUT2D eigenvalue weighted by atomic mass is 19.1. The Bertz CT molecular complexity index is 815. The summed E-state index contributed by atoms with van der Waals surface area (Å²) < 4.78 is 13.6. The molecule has 26 heavy (non-hydrogen) atoms. The zero-order valence-corrected chi connectivity index (χ0v) is 15.7. The maximum Gasteiger partial charge on any atom is 0.239 e. The molecule has 0 atom stereocenters. The molecule has 4 nitrogen and oxygen atoms in total. The van der Waals surface area contributed by atoms with Crippen LogP contribution >= 0.6 is 0 Å². The van der Waals surface area contributed by atoms with Gasteiger partial charge in [0.1, 0.15) is 11.2 Å². The van der Waals surface area contributed by atoms with Gasteiger partial charge in [-0.25, -0.2) is 4.39 Å². The maximum absolute atomic E-state index is 13.6. The van der Waals surface area contributed by atoms with Gasteiger partial charge in [0.05, 0.1) is 0 Å². The largest absolute Gasteiger partial charge is 0.355 e. The van der Waals surface area contributed by atoms with Crippen molar-refractivity contribution in [3.8, 4) is 0 Å². The number of hydrogen-bond acceptors (Lipinski definition) is 2. The number of carbonyl (C=O) groups is 2. The van der Waals surface area contributed by atoms with E-state index in [0.717, 1.165) is 11.1 Å². The lowest BCUT2D eigenvalue weighted by molar-refractivity contribution is -0.138. The standard InChI is InChI=1S/C21H25FN2O2/c1-14-9-10-18(15(2)13-14)24-20(26)21(3,4)19(25)23-12-11-16-7-5-6-8-17(16)22/h5-10,13H,11-12H2,1-4H3,(H,23,25)(H,24,26). The first-order chi connectivity index (χ1) is 12.2. The van der Waals surface area contributed by atoms with Crippen molar-refractivity contribution in [2.24, 2.45) is 5.41 Å². The lowest BCUT2D eigenvalue weighted by Crippen LogP contribution is -2.45. The lowest BCUT2D eigenvalue weighted by Gasteiger charge is -2.23. The van der Waals surface area contributed by atoms with Gasteiger partial charge in [-0.15, -0.1) is 0 Å². The van der Waals surface area contributed by atoms with E-state index in [4.69, 9.17) is 0 Å². The second-order valence-electron chi connectivity index (χ2n) is 6.99. The molecule has 0 aromatic heterocycles. The van der Waals surface area contributed by atoms with Crippen LogP contribution in [0.15, 0.2) is 42.5 Å². The van der Waals surface area contributed by atoms with Crippen LogP contribution < -0.4 is 10.6 Å². The molecule has 0 unspecified atom stereocenters. The Labute approximate surface area is 153 Å². The van der Waals surface area contributed by atoms with E-state index >= 15 is 0 Å². The number of amides is 2. The second-order valence-corrected chi connectivity index (χ2v) is 6.99. The molecule has 2 aromatic rings. The Morgan fingerprint density at radius 2 is 1.73 bits per heavy atom. The molecule has 0 heterocycles. The van der Waals surface area contributed by atoms with Gasteiger partial charge in [0.2, 0.25) is 11.8 Å². The molecule has 138 valence electrons. The number of rotatable bonds is 6. The Morgan fingerprint density at radius 3 is 2.38 bits per heavy atom. The Hall–Kier alpha value is -2.69. The third kappa shape index (κ3) is 4.69. The maximum atomic E-state index is 13.6. The molecular weight excluding hydrogens is 331 g/mol. The van der Waals surface area contributed by atoms with Gasteiger partial charge in [-0.2, -0.15) is 0 Å². The molecule has 2 aromatic carbocycles. The quantitative estimate of drug-likeness (QED) is 0.774. The number of carbonyl (C=O) groups excluding carboxylic acids is 2. The minimum atomic E-state index is -1.24. The van der Waals surface area contributed by atoms with Crippen molar-refractivity contribution in [3.63, 3.8) is 0 Å². The van der Waals surface area contributed by atoms with Crippen molar-refractivity contribution in [3.05, 3.63) is 65.0 Å². The van der Waals surface area contributed by atoms with Crippen LogP contribution in [0.3, 0.4) is 0 Å². The lowest BCUT2D eigenvalue weighted by atomic mass is 9.90. The molecule has 0 spiro atoms. The molecule has 0 saturated heterocycles. The molecule has 0 fully saturated rings. The average molecular weight is 356 g/mol. The summed E-state index contributed by atoms with van der Waals surface area (Å²) in [6.07, 6.45) is 0.368. The van der Waals surface area contributed by atoms with E-state index in [9.17, 15) is 14.0 Å². The fourth-order valence-corrected chi connectivity index (χ4v) is 2.57. The van der Waals surface area contributed by atoms with Gasteiger partial charge in [-0.3, -0.25) is 9.59 Å². The van der Waals surface area contributed by atoms with E-state index in [1.54, 1.807) is 32.0 Å². The number of anilines is 1. The summed E-state index contributed by atoms with van der Waals surface area (Å²) in [5.41, 5.74) is 2.02. The molecule has 0 radical (unpaired) electrons. The SMILES string of the molecule is Cc1ccc(NC(=O)C(C)(C)C(=O)NCCc2ccccc2F)c(C)c1. The summed E-state index contributed by atoms with van der Waals surface area (Å²) in [5, 5.41) is 5.54. The molecule has 2 rings (SSSR count). The van der Waals surface area contributed by atoms with Crippen LogP contribution in [0.5, 0.6) is 0 Å². The smallest absolute Gasteiger partial charge is 0.239 e. The first-order valence-electron chi connectivity index (χ1n) is 8.62. The predicted octanol–water partition coefficient (Wildman–Crippen LogP) is 3.77. The van der Waals surface area contributed by atoms with Gasteiger partial charge >= 0.3 is 0 Å². The Morgan fingerprint density at radius 1 is 1.04 bits per heavy atom. The monoisotopic (exact) mass is 356 g/mol.